The van der Waals surface area contributed by atoms with Crippen LogP contribution in [0.3, 0.4) is 0 Å². The van der Waals surface area contributed by atoms with Crippen LogP contribution < -0.4 is 10.6 Å². The number of carbonyl (C=O) groups is 2. The number of amides is 2. The van der Waals surface area contributed by atoms with E-state index in [0.29, 0.717) is 12.2 Å². The van der Waals surface area contributed by atoms with Crippen LogP contribution in [0.2, 0.25) is 0 Å². The predicted molar refractivity (Wildman–Crippen MR) is 138 cm³/mol. The van der Waals surface area contributed by atoms with Crippen molar-refractivity contribution >= 4 is 23.2 Å². The maximum Gasteiger partial charge on any atom is 0.246 e. The number of aromatic nitrogens is 1. The zero-order chi connectivity index (χ0) is 24.9. The number of hydrogen-bond acceptors (Lipinski definition) is 6. The van der Waals surface area contributed by atoms with Gasteiger partial charge in [0.25, 0.3) is 0 Å². The zero-order valence-electron chi connectivity index (χ0n) is 21.0. The maximum atomic E-state index is 13.9. The van der Waals surface area contributed by atoms with Crippen LogP contribution in [0.15, 0.2) is 29.6 Å². The van der Waals surface area contributed by atoms with Crippen LogP contribution in [0.4, 0.5) is 0 Å². The summed E-state index contributed by atoms with van der Waals surface area (Å²) in [7, 11) is 1.75. The molecule has 1 aromatic heterocycles. The molecule has 2 aromatic rings. The van der Waals surface area contributed by atoms with Crippen molar-refractivity contribution in [2.75, 3.05) is 13.6 Å². The summed E-state index contributed by atoms with van der Waals surface area (Å²) in [6.45, 7) is 4.48. The second kappa shape index (κ2) is 11.6. The number of aryl methyl sites for hydroxylation is 1. The van der Waals surface area contributed by atoms with Gasteiger partial charge in [-0.15, -0.1) is 11.3 Å². The van der Waals surface area contributed by atoms with E-state index in [1.165, 1.54) is 17.8 Å². The lowest BCUT2D eigenvalue weighted by Gasteiger charge is -2.35. The molecular weight excluding hydrogens is 460 g/mol. The Labute approximate surface area is 212 Å². The molecule has 4 atom stereocenters. The summed E-state index contributed by atoms with van der Waals surface area (Å²) in [6, 6.07) is 6.85. The molecule has 1 unspecified atom stereocenters. The minimum absolute atomic E-state index is 0.00651. The number of carbonyl (C=O) groups excluding carboxylic acids is 2. The molecule has 35 heavy (non-hydrogen) atoms. The fraction of sp³-hybridized carbons (Fsp3) is 0.593. The highest BCUT2D eigenvalue weighted by molar-refractivity contribution is 7.09. The summed E-state index contributed by atoms with van der Waals surface area (Å²) in [5.74, 6) is 0.0394. The average Bonchev–Trinajstić information content (AvgIpc) is 3.56. The third kappa shape index (κ3) is 5.93. The van der Waals surface area contributed by atoms with Crippen LogP contribution in [0, 0.1) is 12.8 Å². The first-order chi connectivity index (χ1) is 16.9. The van der Waals surface area contributed by atoms with Gasteiger partial charge in [-0.3, -0.25) is 9.59 Å². The molecule has 2 aliphatic rings. The monoisotopic (exact) mass is 498 g/mol. The SMILES string of the molecule is CN[C@H](C)C(=O)N[C@@H](C(=O)N1CCC[C@@H]1c1nc(C(O)c2cccc(C)c2)cs1)C1CCCCC1. The summed E-state index contributed by atoms with van der Waals surface area (Å²) >= 11 is 1.50. The van der Waals surface area contributed by atoms with Crippen molar-refractivity contribution < 1.29 is 14.7 Å². The van der Waals surface area contributed by atoms with Gasteiger partial charge in [-0.1, -0.05) is 49.1 Å². The minimum Gasteiger partial charge on any atom is -0.382 e. The summed E-state index contributed by atoms with van der Waals surface area (Å²) in [4.78, 5) is 33.3. The van der Waals surface area contributed by atoms with Crippen molar-refractivity contribution in [3.05, 3.63) is 51.5 Å². The number of rotatable bonds is 8. The lowest BCUT2D eigenvalue weighted by Crippen LogP contribution is -2.55. The molecule has 0 radical (unpaired) electrons. The molecule has 7 nitrogen and oxygen atoms in total. The molecule has 4 rings (SSSR count). The number of likely N-dealkylation sites (N-methyl/N-ethyl adjacent to an activating group) is 1. The third-order valence-electron chi connectivity index (χ3n) is 7.51. The van der Waals surface area contributed by atoms with E-state index in [1.807, 2.05) is 48.4 Å². The molecule has 1 aliphatic carbocycles. The molecule has 0 bridgehead atoms. The number of nitrogens with one attached hydrogen (secondary N) is 2. The smallest absolute Gasteiger partial charge is 0.246 e. The van der Waals surface area contributed by atoms with Gasteiger partial charge in [-0.2, -0.15) is 0 Å². The number of aliphatic hydroxyl groups excluding tert-OH is 1. The molecule has 2 amide bonds. The van der Waals surface area contributed by atoms with Gasteiger partial charge in [0.1, 0.15) is 17.2 Å². The van der Waals surface area contributed by atoms with Gasteiger partial charge < -0.3 is 20.6 Å². The lowest BCUT2D eigenvalue weighted by atomic mass is 9.83. The molecule has 1 saturated carbocycles. The van der Waals surface area contributed by atoms with E-state index in [0.717, 1.165) is 54.7 Å². The molecule has 2 fully saturated rings. The Balaban J connectivity index is 1.53. The zero-order valence-corrected chi connectivity index (χ0v) is 21.8. The van der Waals surface area contributed by atoms with Crippen LogP contribution in [-0.4, -0.2) is 52.5 Å². The molecular formula is C27H38N4O3S. The Bertz CT molecular complexity index is 1020. The van der Waals surface area contributed by atoms with E-state index in [9.17, 15) is 14.7 Å². The molecule has 3 N–H and O–H groups in total. The summed E-state index contributed by atoms with van der Waals surface area (Å²) in [5, 5.41) is 19.7. The van der Waals surface area contributed by atoms with Crippen LogP contribution in [0.25, 0.3) is 0 Å². The second-order valence-corrected chi connectivity index (χ2v) is 10.9. The first-order valence-electron chi connectivity index (χ1n) is 12.9. The van der Waals surface area contributed by atoms with E-state index >= 15 is 0 Å². The first kappa shape index (κ1) is 25.8. The predicted octanol–water partition coefficient (Wildman–Crippen LogP) is 3.87. The number of benzene rings is 1. The van der Waals surface area contributed by atoms with Crippen molar-refractivity contribution in [3.8, 4) is 0 Å². The van der Waals surface area contributed by atoms with Gasteiger partial charge in [-0.25, -0.2) is 4.98 Å². The van der Waals surface area contributed by atoms with E-state index < -0.39 is 12.1 Å². The number of nitrogens with zero attached hydrogens (tertiary/aromatic N) is 2. The van der Waals surface area contributed by atoms with Gasteiger partial charge in [0, 0.05) is 11.9 Å². The quantitative estimate of drug-likeness (QED) is 0.514. The number of hydrogen-bond donors (Lipinski definition) is 3. The normalized spacial score (nSPS) is 21.5. The Morgan fingerprint density at radius 3 is 2.66 bits per heavy atom. The second-order valence-electron chi connectivity index (χ2n) is 10.0. The fourth-order valence-electron chi connectivity index (χ4n) is 5.31. The van der Waals surface area contributed by atoms with Crippen molar-refractivity contribution in [2.24, 2.45) is 5.92 Å². The largest absolute Gasteiger partial charge is 0.382 e. The highest BCUT2D eigenvalue weighted by Gasteiger charge is 2.40. The van der Waals surface area contributed by atoms with Crippen LogP contribution in [0.5, 0.6) is 0 Å². The Hall–Kier alpha value is -2.29. The highest BCUT2D eigenvalue weighted by atomic mass is 32.1. The van der Waals surface area contributed by atoms with Crippen LogP contribution >= 0.6 is 11.3 Å². The van der Waals surface area contributed by atoms with Gasteiger partial charge in [0.2, 0.25) is 11.8 Å². The number of thiazole rings is 1. The third-order valence-corrected chi connectivity index (χ3v) is 8.47. The van der Waals surface area contributed by atoms with Crippen molar-refractivity contribution in [1.82, 2.24) is 20.5 Å². The molecule has 1 aromatic carbocycles. The van der Waals surface area contributed by atoms with Crippen molar-refractivity contribution in [2.45, 2.75) is 83.0 Å². The standard InChI is InChI=1S/C27H38N4O3S/c1-17-9-7-12-20(15-17)24(32)21-16-35-26(29-21)22-13-8-14-31(22)27(34)23(19-10-5-4-6-11-19)30-25(33)18(2)28-3/h7,9,12,15-16,18-19,22-24,28,32H,4-6,8,10-11,13-14H2,1-3H3,(H,30,33)/t18-,22-,23-,24?/m1/s1. The Kier molecular flexibility index (Phi) is 8.57. The number of aliphatic hydroxyl groups is 1. The van der Waals surface area contributed by atoms with Crippen LogP contribution in [0.1, 0.15) is 85.8 Å². The van der Waals surface area contributed by atoms with E-state index in [2.05, 4.69) is 10.6 Å². The maximum absolute atomic E-state index is 13.9. The Morgan fingerprint density at radius 1 is 1.17 bits per heavy atom. The number of likely N-dealkylation sites (tertiary alicyclic amines) is 1. The summed E-state index contributed by atoms with van der Waals surface area (Å²) in [5.41, 5.74) is 2.53. The van der Waals surface area contributed by atoms with Crippen molar-refractivity contribution in [3.63, 3.8) is 0 Å². The van der Waals surface area contributed by atoms with E-state index in [-0.39, 0.29) is 29.8 Å². The molecule has 1 aliphatic heterocycles. The van der Waals surface area contributed by atoms with Gasteiger partial charge in [-0.05, 0) is 58.1 Å². The first-order valence-corrected chi connectivity index (χ1v) is 13.7. The molecule has 1 saturated heterocycles. The molecule has 2 heterocycles. The molecule has 0 spiro atoms. The summed E-state index contributed by atoms with van der Waals surface area (Å²) < 4.78 is 0. The molecule has 190 valence electrons. The van der Waals surface area contributed by atoms with E-state index in [1.54, 1.807) is 7.05 Å². The fourth-order valence-corrected chi connectivity index (χ4v) is 6.30. The van der Waals surface area contributed by atoms with Gasteiger partial charge in [0.05, 0.1) is 17.8 Å². The van der Waals surface area contributed by atoms with Gasteiger partial charge in [0.15, 0.2) is 0 Å². The summed E-state index contributed by atoms with van der Waals surface area (Å²) in [6.07, 6.45) is 6.28. The van der Waals surface area contributed by atoms with E-state index in [4.69, 9.17) is 4.98 Å². The lowest BCUT2D eigenvalue weighted by molar-refractivity contribution is -0.139. The molecule has 8 heteroatoms. The Morgan fingerprint density at radius 2 is 1.94 bits per heavy atom. The highest BCUT2D eigenvalue weighted by Crippen LogP contribution is 2.37. The minimum atomic E-state index is -0.789. The topological polar surface area (TPSA) is 94.6 Å². The van der Waals surface area contributed by atoms with Gasteiger partial charge >= 0.3 is 0 Å². The van der Waals surface area contributed by atoms with Crippen molar-refractivity contribution in [1.29, 1.82) is 0 Å². The average molecular weight is 499 g/mol. The van der Waals surface area contributed by atoms with Crippen LogP contribution in [-0.2, 0) is 9.59 Å².